The largest absolute Gasteiger partial charge is 0.506 e. The molecule has 12 nitrogen and oxygen atoms in total. The van der Waals surface area contributed by atoms with Gasteiger partial charge in [0.15, 0.2) is 0 Å². The average molecular weight is 476 g/mol. The Bertz CT molecular complexity index is 1230. The molecule has 150 valence electrons. The summed E-state index contributed by atoms with van der Waals surface area (Å²) in [5, 5.41) is 20.3. The number of carbonyl (C=O) groups is 2. The summed E-state index contributed by atoms with van der Waals surface area (Å²) in [6.07, 6.45) is 0. The third kappa shape index (κ3) is 4.00. The van der Waals surface area contributed by atoms with Crippen molar-refractivity contribution in [3.8, 4) is 11.5 Å². The number of aromatic hydroxyl groups is 2. The molecule has 2 aromatic carbocycles. The number of carbonyl (C=O) groups excluding carboxylic acids is 2. The fourth-order valence-corrected chi connectivity index (χ4v) is 4.15. The van der Waals surface area contributed by atoms with Gasteiger partial charge >= 0.3 is 0 Å². The first kappa shape index (κ1) is 26.8. The van der Waals surface area contributed by atoms with Gasteiger partial charge in [-0.3, -0.25) is 18.7 Å². The summed E-state index contributed by atoms with van der Waals surface area (Å²) >= 11 is 0. The first-order valence-electron chi connectivity index (χ1n) is 7.03. The van der Waals surface area contributed by atoms with Crippen LogP contribution in [-0.2, 0) is 20.2 Å². The molecule has 0 unspecified atom stereocenters. The summed E-state index contributed by atoms with van der Waals surface area (Å²) in [4.78, 5) is 23.3. The third-order valence-electron chi connectivity index (χ3n) is 4.05. The molecule has 1 aliphatic rings. The van der Waals surface area contributed by atoms with E-state index < -0.39 is 86.7 Å². The molecule has 0 atom stereocenters. The van der Waals surface area contributed by atoms with Crippen LogP contribution in [0, 0.1) is 0 Å². The van der Waals surface area contributed by atoms with E-state index in [0.717, 1.165) is 0 Å². The quantitative estimate of drug-likeness (QED) is 0.110. The zero-order valence-electron chi connectivity index (χ0n) is 15.4. The summed E-state index contributed by atoms with van der Waals surface area (Å²) in [7, 11) is -10.1. The average Bonchev–Trinajstić information content (AvgIpc) is 2.53. The van der Waals surface area contributed by atoms with Crippen molar-refractivity contribution in [3.05, 3.63) is 34.4 Å². The molecule has 3 rings (SSSR count). The minimum absolute atomic E-state index is 0. The number of benzene rings is 2. The molecule has 0 aromatic heterocycles. The maximum atomic E-state index is 12.8. The number of rotatable bonds is 2. The number of ketones is 2. The van der Waals surface area contributed by atoms with Crippen LogP contribution in [0.25, 0.3) is 0 Å². The van der Waals surface area contributed by atoms with Crippen LogP contribution in [0.4, 0.5) is 11.4 Å². The molecule has 2 aromatic rings. The van der Waals surface area contributed by atoms with Gasteiger partial charge in [0.25, 0.3) is 20.2 Å². The van der Waals surface area contributed by atoms with E-state index in [0.29, 0.717) is 12.1 Å². The van der Waals surface area contributed by atoms with Crippen LogP contribution in [0.1, 0.15) is 31.8 Å². The van der Waals surface area contributed by atoms with Gasteiger partial charge in [0.2, 0.25) is 11.6 Å². The van der Waals surface area contributed by atoms with E-state index in [2.05, 4.69) is 0 Å². The second-order valence-electron chi connectivity index (χ2n) is 5.73. The van der Waals surface area contributed by atoms with Gasteiger partial charge in [-0.15, -0.1) is 0 Å². The third-order valence-corrected chi connectivity index (χ3v) is 5.79. The van der Waals surface area contributed by atoms with Crippen LogP contribution in [0.5, 0.6) is 11.5 Å². The van der Waals surface area contributed by atoms with Gasteiger partial charge in [-0.25, -0.2) is 0 Å². The number of fused-ring (bicyclic) bond motifs is 2. The predicted octanol–water partition coefficient (Wildman–Crippen LogP) is -1.23. The van der Waals surface area contributed by atoms with Crippen molar-refractivity contribution in [3.63, 3.8) is 0 Å². The minimum Gasteiger partial charge on any atom is -0.506 e. The molecule has 0 aliphatic heterocycles. The van der Waals surface area contributed by atoms with Crippen LogP contribution < -0.4 is 11.5 Å². The smallest absolute Gasteiger partial charge is 0.298 e. The van der Waals surface area contributed by atoms with Crippen molar-refractivity contribution >= 4 is 102 Å². The van der Waals surface area contributed by atoms with Gasteiger partial charge in [-0.1, -0.05) is 0 Å². The topological polar surface area (TPSA) is 235 Å². The Morgan fingerprint density at radius 1 is 0.633 bits per heavy atom. The van der Waals surface area contributed by atoms with E-state index in [1.807, 2.05) is 0 Å². The Morgan fingerprint density at radius 3 is 1.13 bits per heavy atom. The van der Waals surface area contributed by atoms with E-state index in [1.165, 1.54) is 0 Å². The summed E-state index contributed by atoms with van der Waals surface area (Å²) in [5.74, 6) is -5.11. The minimum atomic E-state index is -5.04. The van der Waals surface area contributed by atoms with Crippen LogP contribution in [0.15, 0.2) is 21.9 Å². The van der Waals surface area contributed by atoms with Crippen molar-refractivity contribution < 1.29 is 45.7 Å². The van der Waals surface area contributed by atoms with Gasteiger partial charge in [0, 0.05) is 70.5 Å². The zero-order chi connectivity index (χ0) is 21.3. The van der Waals surface area contributed by atoms with Crippen LogP contribution >= 0.6 is 0 Å². The molecule has 0 saturated heterocycles. The van der Waals surface area contributed by atoms with Crippen molar-refractivity contribution in [2.24, 2.45) is 0 Å². The Hall–Kier alpha value is -1.20. The number of phenols is 2. The normalized spacial score (nSPS) is 13.0. The molecule has 0 heterocycles. The van der Waals surface area contributed by atoms with E-state index in [-0.39, 0.29) is 59.1 Å². The van der Waals surface area contributed by atoms with E-state index in [1.54, 1.807) is 0 Å². The molecule has 2 radical (unpaired) electrons. The first-order valence-corrected chi connectivity index (χ1v) is 9.91. The van der Waals surface area contributed by atoms with E-state index >= 15 is 0 Å². The molecule has 16 heteroatoms. The summed E-state index contributed by atoms with van der Waals surface area (Å²) in [6, 6.07) is 1.01. The molecule has 0 amide bonds. The molecule has 0 saturated carbocycles. The number of hydrogen-bond acceptors (Lipinski definition) is 10. The summed E-state index contributed by atoms with van der Waals surface area (Å²) < 4.78 is 63.9. The van der Waals surface area contributed by atoms with Crippen LogP contribution in [0.2, 0.25) is 0 Å². The standard InChI is InChI=1S/C14H10N2O10S2.2Na/c15-3-1-5(27(21,22)23)11(17)9-7(3)13(19)10-8(14(9)20)4(16)2-6(12(10)18)28(24,25)26;;/h1-2,17-18H,15-16H2,(H,21,22,23)(H,24,25,26);;. The molecule has 0 spiro atoms. The van der Waals surface area contributed by atoms with Gasteiger partial charge in [-0.2, -0.15) is 16.8 Å². The molecule has 1 aliphatic carbocycles. The predicted molar refractivity (Wildman–Crippen MR) is 103 cm³/mol. The van der Waals surface area contributed by atoms with Gasteiger partial charge in [0.05, 0.1) is 22.3 Å². The maximum absolute atomic E-state index is 12.8. The van der Waals surface area contributed by atoms with Crippen molar-refractivity contribution in [1.29, 1.82) is 0 Å². The van der Waals surface area contributed by atoms with Gasteiger partial charge in [-0.05, 0) is 12.1 Å². The van der Waals surface area contributed by atoms with Crippen molar-refractivity contribution in [1.82, 2.24) is 0 Å². The fourth-order valence-electron chi connectivity index (χ4n) is 2.91. The number of anilines is 2. The number of phenolic OH excluding ortho intramolecular Hbond substituents is 2. The Morgan fingerprint density at radius 2 is 0.900 bits per heavy atom. The monoisotopic (exact) mass is 476 g/mol. The molecular weight excluding hydrogens is 466 g/mol. The molecule has 0 fully saturated rings. The Labute approximate surface area is 213 Å². The fraction of sp³-hybridized carbons (Fsp3) is 0. The number of nitrogen functional groups attached to an aromatic ring is 2. The molecular formula is C14H10N2Na2O10S2. The Balaban J connectivity index is 0.00000225. The second kappa shape index (κ2) is 8.38. The van der Waals surface area contributed by atoms with Gasteiger partial charge < -0.3 is 21.7 Å². The Kier molecular flexibility index (Phi) is 7.50. The SMILES string of the molecule is Nc1cc(S(=O)(=O)O)c(O)c2c1C(=O)c1c(O)c(S(=O)(=O)O)cc(N)c1C2=O.[Na].[Na]. The second-order valence-corrected chi connectivity index (χ2v) is 8.51. The molecule has 8 N–H and O–H groups in total. The van der Waals surface area contributed by atoms with E-state index in [9.17, 15) is 36.6 Å². The number of nitrogens with two attached hydrogens (primary N) is 2. The van der Waals surface area contributed by atoms with Crippen molar-refractivity contribution in [2.45, 2.75) is 9.79 Å². The number of hydrogen-bond donors (Lipinski definition) is 6. The van der Waals surface area contributed by atoms with E-state index in [4.69, 9.17) is 20.6 Å². The van der Waals surface area contributed by atoms with Crippen molar-refractivity contribution in [2.75, 3.05) is 11.5 Å². The van der Waals surface area contributed by atoms with Crippen LogP contribution in [0.3, 0.4) is 0 Å². The zero-order valence-corrected chi connectivity index (χ0v) is 21.0. The maximum Gasteiger partial charge on any atom is 0.298 e. The first-order chi connectivity index (χ1) is 12.7. The van der Waals surface area contributed by atoms with Crippen LogP contribution in [-0.4, -0.2) is 107 Å². The molecule has 0 bridgehead atoms. The summed E-state index contributed by atoms with van der Waals surface area (Å²) in [5.41, 5.74) is 6.54. The van der Waals surface area contributed by atoms with Gasteiger partial charge in [0.1, 0.15) is 21.3 Å². The molecule has 30 heavy (non-hydrogen) atoms. The summed E-state index contributed by atoms with van der Waals surface area (Å²) in [6.45, 7) is 0.